The molecule has 0 bridgehead atoms. The van der Waals surface area contributed by atoms with Crippen LogP contribution >= 0.6 is 12.2 Å². The molecule has 134 valence electrons. The molecular weight excluding hydrogens is 365 g/mol. The average Bonchev–Trinajstić information content (AvgIpc) is 3.01. The summed E-state index contributed by atoms with van der Waals surface area (Å²) in [7, 11) is 0. The molecular formula is C17H13F3N4OS. The Morgan fingerprint density at radius 3 is 2.46 bits per heavy atom. The number of rotatable bonds is 5. The van der Waals surface area contributed by atoms with Crippen LogP contribution in [0.3, 0.4) is 0 Å². The van der Waals surface area contributed by atoms with E-state index in [1.54, 1.807) is 24.3 Å². The molecule has 26 heavy (non-hydrogen) atoms. The zero-order valence-corrected chi connectivity index (χ0v) is 14.1. The summed E-state index contributed by atoms with van der Waals surface area (Å²) in [5.74, 6) is -0.566. The van der Waals surface area contributed by atoms with E-state index >= 15 is 0 Å². The number of hydrogen-bond acceptors (Lipinski definition) is 4. The minimum absolute atomic E-state index is 0.239. The number of aromatic amines is 1. The van der Waals surface area contributed by atoms with Crippen molar-refractivity contribution in [2.24, 2.45) is 5.10 Å². The van der Waals surface area contributed by atoms with Crippen LogP contribution in [-0.2, 0) is 12.8 Å². The smallest absolute Gasteiger partial charge is 0.453 e. The van der Waals surface area contributed by atoms with Gasteiger partial charge in [-0.25, -0.2) is 5.10 Å². The average molecular weight is 378 g/mol. The van der Waals surface area contributed by atoms with Crippen molar-refractivity contribution < 1.29 is 17.9 Å². The predicted octanol–water partition coefficient (Wildman–Crippen LogP) is 4.42. The number of alkyl halides is 3. The lowest BCUT2D eigenvalue weighted by Crippen LogP contribution is -2.12. The maximum atomic E-state index is 12.8. The first-order valence-corrected chi connectivity index (χ1v) is 7.90. The molecule has 0 amide bonds. The molecule has 9 heteroatoms. The summed E-state index contributed by atoms with van der Waals surface area (Å²) in [5, 5.41) is 9.00. The Kier molecular flexibility index (Phi) is 5.17. The Bertz CT molecular complexity index is 947. The van der Waals surface area contributed by atoms with Crippen molar-refractivity contribution in [1.82, 2.24) is 14.9 Å². The number of H-pyrrole nitrogens is 1. The van der Waals surface area contributed by atoms with Crippen LogP contribution in [-0.4, -0.2) is 21.1 Å². The third kappa shape index (κ3) is 4.37. The summed E-state index contributed by atoms with van der Waals surface area (Å²) in [6.45, 7) is 0.424. The number of benzene rings is 2. The summed E-state index contributed by atoms with van der Waals surface area (Å²) >= 11 is 4.77. The molecule has 0 aliphatic carbocycles. The van der Waals surface area contributed by atoms with Crippen molar-refractivity contribution in [2.75, 3.05) is 0 Å². The van der Waals surface area contributed by atoms with E-state index in [4.69, 9.17) is 17.0 Å². The number of halogens is 3. The lowest BCUT2D eigenvalue weighted by Gasteiger charge is -2.06. The molecule has 1 aromatic heterocycles. The molecule has 0 radical (unpaired) electrons. The van der Waals surface area contributed by atoms with Crippen LogP contribution in [0.2, 0.25) is 0 Å². The van der Waals surface area contributed by atoms with Crippen molar-refractivity contribution in [3.63, 3.8) is 0 Å². The SMILES string of the molecule is FC(F)(F)c1n[nH]c(=S)n1/N=C\c1ccc(OCc2ccccc2)cc1. The standard InChI is InChI=1S/C17H13F3N4OS/c18-17(19,20)15-22-23-16(26)24(15)21-10-12-6-8-14(9-7-12)25-11-13-4-2-1-3-5-13/h1-10H,11H2,(H,23,26)/b21-10-. The minimum Gasteiger partial charge on any atom is -0.489 e. The van der Waals surface area contributed by atoms with E-state index in [1.165, 1.54) is 6.21 Å². The van der Waals surface area contributed by atoms with Gasteiger partial charge in [0.2, 0.25) is 4.77 Å². The number of hydrogen-bond donors (Lipinski definition) is 1. The van der Waals surface area contributed by atoms with Gasteiger partial charge in [-0.2, -0.15) is 22.9 Å². The number of ether oxygens (including phenoxy) is 1. The fraction of sp³-hybridized carbons (Fsp3) is 0.118. The molecule has 0 atom stereocenters. The van der Waals surface area contributed by atoms with Crippen LogP contribution in [0.25, 0.3) is 0 Å². The Morgan fingerprint density at radius 2 is 1.81 bits per heavy atom. The van der Waals surface area contributed by atoms with E-state index in [1.807, 2.05) is 30.3 Å². The second-order valence-electron chi connectivity index (χ2n) is 5.25. The molecule has 0 aliphatic rings. The van der Waals surface area contributed by atoms with Gasteiger partial charge in [-0.3, -0.25) is 0 Å². The van der Waals surface area contributed by atoms with E-state index in [2.05, 4.69) is 15.3 Å². The molecule has 0 saturated heterocycles. The fourth-order valence-electron chi connectivity index (χ4n) is 2.10. The Balaban J connectivity index is 1.69. The molecule has 0 fully saturated rings. The van der Waals surface area contributed by atoms with Crippen LogP contribution < -0.4 is 4.74 Å². The summed E-state index contributed by atoms with van der Waals surface area (Å²) < 4.78 is 44.4. The summed E-state index contributed by atoms with van der Waals surface area (Å²) in [6.07, 6.45) is -3.39. The second kappa shape index (κ2) is 7.52. The van der Waals surface area contributed by atoms with Gasteiger partial charge in [-0.15, -0.1) is 5.10 Å². The van der Waals surface area contributed by atoms with Crippen LogP contribution in [0.15, 0.2) is 59.7 Å². The zero-order valence-electron chi connectivity index (χ0n) is 13.3. The highest BCUT2D eigenvalue weighted by Crippen LogP contribution is 2.27. The molecule has 0 spiro atoms. The van der Waals surface area contributed by atoms with Crippen molar-refractivity contribution in [2.45, 2.75) is 12.8 Å². The third-order valence-corrected chi connectivity index (χ3v) is 3.62. The van der Waals surface area contributed by atoms with Gasteiger partial charge in [0.1, 0.15) is 12.4 Å². The van der Waals surface area contributed by atoms with Crippen molar-refractivity contribution in [1.29, 1.82) is 0 Å². The van der Waals surface area contributed by atoms with E-state index in [0.717, 1.165) is 5.56 Å². The maximum absolute atomic E-state index is 12.8. The van der Waals surface area contributed by atoms with Gasteiger partial charge >= 0.3 is 6.18 Å². The van der Waals surface area contributed by atoms with Crippen LogP contribution in [0.5, 0.6) is 5.75 Å². The predicted molar refractivity (Wildman–Crippen MR) is 92.6 cm³/mol. The molecule has 0 aliphatic heterocycles. The summed E-state index contributed by atoms with van der Waals surface area (Å²) in [5.41, 5.74) is 1.63. The Hall–Kier alpha value is -2.94. The second-order valence-corrected chi connectivity index (χ2v) is 5.64. The lowest BCUT2D eigenvalue weighted by molar-refractivity contribution is -0.147. The van der Waals surface area contributed by atoms with E-state index in [9.17, 15) is 13.2 Å². The highest BCUT2D eigenvalue weighted by Gasteiger charge is 2.37. The highest BCUT2D eigenvalue weighted by atomic mass is 32.1. The first-order valence-electron chi connectivity index (χ1n) is 7.49. The van der Waals surface area contributed by atoms with Crippen LogP contribution in [0.4, 0.5) is 13.2 Å². The largest absolute Gasteiger partial charge is 0.489 e. The summed E-state index contributed by atoms with van der Waals surface area (Å²) in [4.78, 5) is 0. The van der Waals surface area contributed by atoms with Gasteiger partial charge in [0, 0.05) is 0 Å². The van der Waals surface area contributed by atoms with Gasteiger partial charge in [-0.1, -0.05) is 30.3 Å². The van der Waals surface area contributed by atoms with Gasteiger partial charge in [0.15, 0.2) is 0 Å². The quantitative estimate of drug-likeness (QED) is 0.528. The fourth-order valence-corrected chi connectivity index (χ4v) is 2.28. The normalized spacial score (nSPS) is 11.8. The van der Waals surface area contributed by atoms with Crippen molar-refractivity contribution in [3.8, 4) is 5.75 Å². The zero-order chi connectivity index (χ0) is 18.6. The molecule has 5 nitrogen and oxygen atoms in total. The Labute approximate surface area is 151 Å². The lowest BCUT2D eigenvalue weighted by atomic mass is 10.2. The molecule has 1 heterocycles. The summed E-state index contributed by atoms with van der Waals surface area (Å²) in [6, 6.07) is 16.5. The van der Waals surface area contributed by atoms with E-state index in [-0.39, 0.29) is 4.77 Å². The number of aromatic nitrogens is 3. The van der Waals surface area contributed by atoms with Gasteiger partial charge in [-0.05, 0) is 47.6 Å². The molecule has 3 rings (SSSR count). The third-order valence-electron chi connectivity index (χ3n) is 3.35. The van der Waals surface area contributed by atoms with Crippen molar-refractivity contribution in [3.05, 3.63) is 76.3 Å². The number of nitrogens with zero attached hydrogens (tertiary/aromatic N) is 3. The highest BCUT2D eigenvalue weighted by molar-refractivity contribution is 7.71. The topological polar surface area (TPSA) is 55.2 Å². The van der Waals surface area contributed by atoms with Crippen LogP contribution in [0.1, 0.15) is 17.0 Å². The first-order chi connectivity index (χ1) is 12.4. The Morgan fingerprint density at radius 1 is 1.12 bits per heavy atom. The monoisotopic (exact) mass is 378 g/mol. The van der Waals surface area contributed by atoms with E-state index in [0.29, 0.717) is 22.6 Å². The van der Waals surface area contributed by atoms with Crippen molar-refractivity contribution >= 4 is 18.4 Å². The maximum Gasteiger partial charge on any atom is 0.453 e. The molecule has 3 aromatic rings. The number of nitrogens with one attached hydrogen (secondary N) is 1. The molecule has 1 N–H and O–H groups in total. The van der Waals surface area contributed by atoms with E-state index < -0.39 is 12.0 Å². The minimum atomic E-state index is -4.65. The van der Waals surface area contributed by atoms with Gasteiger partial charge < -0.3 is 4.74 Å². The van der Waals surface area contributed by atoms with Crippen LogP contribution in [0, 0.1) is 4.77 Å². The molecule has 0 unspecified atom stereocenters. The molecule has 2 aromatic carbocycles. The van der Waals surface area contributed by atoms with Gasteiger partial charge in [0.25, 0.3) is 5.82 Å². The first kappa shape index (κ1) is 17.9. The van der Waals surface area contributed by atoms with Gasteiger partial charge in [0.05, 0.1) is 6.21 Å². The molecule has 0 saturated carbocycles.